The molecule has 7 nitrogen and oxygen atoms in total. The zero-order valence-electron chi connectivity index (χ0n) is 18.1. The summed E-state index contributed by atoms with van der Waals surface area (Å²) >= 11 is 5.95. The van der Waals surface area contributed by atoms with E-state index in [1.807, 2.05) is 34.1 Å². The van der Waals surface area contributed by atoms with Crippen molar-refractivity contribution in [3.8, 4) is 0 Å². The molecule has 31 heavy (non-hydrogen) atoms. The van der Waals surface area contributed by atoms with Crippen LogP contribution in [0.4, 0.5) is 5.69 Å². The Morgan fingerprint density at radius 1 is 1.10 bits per heavy atom. The van der Waals surface area contributed by atoms with E-state index in [1.165, 1.54) is 0 Å². The summed E-state index contributed by atoms with van der Waals surface area (Å²) in [6.07, 6.45) is 0. The molecule has 2 aromatic rings. The van der Waals surface area contributed by atoms with Crippen LogP contribution in [0.2, 0.25) is 5.02 Å². The van der Waals surface area contributed by atoms with Crippen molar-refractivity contribution in [2.24, 2.45) is 4.99 Å². The monoisotopic (exact) mass is 443 g/mol. The number of hydrogen-bond acceptors (Lipinski definition) is 4. The number of amides is 1. The number of aliphatic imine (C=N–C) groups is 1. The molecule has 0 aromatic heterocycles. The molecule has 1 saturated heterocycles. The van der Waals surface area contributed by atoms with E-state index in [1.54, 1.807) is 14.2 Å². The van der Waals surface area contributed by atoms with Crippen LogP contribution in [0.5, 0.6) is 0 Å². The molecule has 1 amide bonds. The molecule has 0 bridgehead atoms. The lowest BCUT2D eigenvalue weighted by atomic mass is 10.2. The minimum Gasteiger partial charge on any atom is -0.383 e. The van der Waals surface area contributed by atoms with Crippen molar-refractivity contribution in [1.29, 1.82) is 0 Å². The molecule has 0 aliphatic carbocycles. The number of piperazine rings is 1. The molecule has 0 unspecified atom stereocenters. The fraction of sp³-hybridized carbons (Fsp3) is 0.391. The average molecular weight is 444 g/mol. The summed E-state index contributed by atoms with van der Waals surface area (Å²) in [5.41, 5.74) is 3.28. The lowest BCUT2D eigenvalue weighted by Gasteiger charge is -2.36. The number of ether oxygens (including phenoxy) is 1. The fourth-order valence-electron chi connectivity index (χ4n) is 3.42. The molecule has 1 fully saturated rings. The van der Waals surface area contributed by atoms with E-state index >= 15 is 0 Å². The van der Waals surface area contributed by atoms with Crippen LogP contribution in [0.1, 0.15) is 11.1 Å². The van der Waals surface area contributed by atoms with Crippen LogP contribution in [0.25, 0.3) is 0 Å². The first-order chi connectivity index (χ1) is 15.1. The Hall–Kier alpha value is -2.77. The maximum atomic E-state index is 12.7. The minimum atomic E-state index is 0.0932. The van der Waals surface area contributed by atoms with Gasteiger partial charge in [0.05, 0.1) is 13.2 Å². The van der Waals surface area contributed by atoms with E-state index in [0.29, 0.717) is 37.8 Å². The number of guanidine groups is 1. The van der Waals surface area contributed by atoms with Gasteiger partial charge in [0, 0.05) is 57.6 Å². The second-order valence-corrected chi connectivity index (χ2v) is 7.82. The van der Waals surface area contributed by atoms with E-state index in [9.17, 15) is 4.79 Å². The second kappa shape index (κ2) is 11.6. The third-order valence-electron chi connectivity index (χ3n) is 5.16. The van der Waals surface area contributed by atoms with Gasteiger partial charge in [-0.05, 0) is 35.4 Å². The van der Waals surface area contributed by atoms with Crippen molar-refractivity contribution in [1.82, 2.24) is 15.1 Å². The highest BCUT2D eigenvalue weighted by molar-refractivity contribution is 6.30. The van der Waals surface area contributed by atoms with E-state index < -0.39 is 0 Å². The summed E-state index contributed by atoms with van der Waals surface area (Å²) in [6, 6.07) is 15.9. The van der Waals surface area contributed by atoms with Gasteiger partial charge in [0.2, 0.25) is 5.91 Å². The first-order valence-corrected chi connectivity index (χ1v) is 10.8. The maximum Gasteiger partial charge on any atom is 0.242 e. The number of nitrogens with zero attached hydrogens (tertiary/aromatic N) is 3. The van der Waals surface area contributed by atoms with Crippen LogP contribution in [0, 0.1) is 0 Å². The Balaban J connectivity index is 1.48. The number of hydrogen-bond donors (Lipinski definition) is 2. The van der Waals surface area contributed by atoms with Gasteiger partial charge in [0.15, 0.2) is 5.96 Å². The minimum absolute atomic E-state index is 0.0932. The summed E-state index contributed by atoms with van der Waals surface area (Å²) in [5, 5.41) is 7.37. The van der Waals surface area contributed by atoms with Crippen molar-refractivity contribution in [3.05, 3.63) is 64.7 Å². The third-order valence-corrected chi connectivity index (χ3v) is 5.41. The second-order valence-electron chi connectivity index (χ2n) is 7.38. The molecule has 0 atom stereocenters. The molecule has 8 heteroatoms. The van der Waals surface area contributed by atoms with Crippen LogP contribution < -0.4 is 10.6 Å². The summed E-state index contributed by atoms with van der Waals surface area (Å²) in [6.45, 7) is 4.40. The highest BCUT2D eigenvalue weighted by Crippen LogP contribution is 2.14. The topological polar surface area (TPSA) is 69.2 Å². The van der Waals surface area contributed by atoms with Gasteiger partial charge >= 0.3 is 0 Å². The van der Waals surface area contributed by atoms with E-state index in [-0.39, 0.29) is 5.91 Å². The zero-order chi connectivity index (χ0) is 22.1. The van der Waals surface area contributed by atoms with E-state index in [4.69, 9.17) is 16.3 Å². The molecule has 166 valence electrons. The SMILES string of the molecule is CN=C(NCc1ccc(NCCOC)cc1)N1CCN(Cc2ccc(Cl)cc2)C(=O)C1. The van der Waals surface area contributed by atoms with Crippen molar-refractivity contribution in [3.63, 3.8) is 0 Å². The molecular formula is C23H30ClN5O2. The van der Waals surface area contributed by atoms with Gasteiger partial charge in [-0.25, -0.2) is 0 Å². The highest BCUT2D eigenvalue weighted by Gasteiger charge is 2.25. The van der Waals surface area contributed by atoms with E-state index in [0.717, 1.165) is 35.9 Å². The molecule has 2 aromatic carbocycles. The van der Waals surface area contributed by atoms with Gasteiger partial charge in [-0.15, -0.1) is 0 Å². The lowest BCUT2D eigenvalue weighted by molar-refractivity contribution is -0.135. The van der Waals surface area contributed by atoms with Gasteiger partial charge in [0.1, 0.15) is 0 Å². The predicted molar refractivity (Wildman–Crippen MR) is 125 cm³/mol. The number of rotatable bonds is 8. The molecule has 1 aliphatic heterocycles. The Kier molecular flexibility index (Phi) is 8.55. The third kappa shape index (κ3) is 6.87. The molecule has 1 aliphatic rings. The van der Waals surface area contributed by atoms with Crippen LogP contribution in [0.3, 0.4) is 0 Å². The number of methoxy groups -OCH3 is 1. The molecule has 0 radical (unpaired) electrons. The van der Waals surface area contributed by atoms with Crippen molar-refractivity contribution in [2.45, 2.75) is 13.1 Å². The Labute approximate surface area is 189 Å². The predicted octanol–water partition coefficient (Wildman–Crippen LogP) is 2.82. The van der Waals surface area contributed by atoms with Gasteiger partial charge in [0.25, 0.3) is 0 Å². The normalized spacial score (nSPS) is 14.7. The fourth-order valence-corrected chi connectivity index (χ4v) is 3.54. The molecule has 1 heterocycles. The highest BCUT2D eigenvalue weighted by atomic mass is 35.5. The Morgan fingerprint density at radius 3 is 2.45 bits per heavy atom. The van der Waals surface area contributed by atoms with Gasteiger partial charge in [-0.3, -0.25) is 9.79 Å². The first kappa shape index (κ1) is 22.9. The zero-order valence-corrected chi connectivity index (χ0v) is 18.9. The summed E-state index contributed by atoms with van der Waals surface area (Å²) in [7, 11) is 3.44. The van der Waals surface area contributed by atoms with Gasteiger partial charge < -0.3 is 25.2 Å². The van der Waals surface area contributed by atoms with Gasteiger partial charge in [-0.1, -0.05) is 35.9 Å². The molecule has 0 saturated carbocycles. The Morgan fingerprint density at radius 2 is 1.81 bits per heavy atom. The molecular weight excluding hydrogens is 414 g/mol. The number of carbonyl (C=O) groups excluding carboxylic acids is 1. The van der Waals surface area contributed by atoms with Crippen LogP contribution in [-0.2, 0) is 22.6 Å². The largest absolute Gasteiger partial charge is 0.383 e. The Bertz CT molecular complexity index is 871. The number of carbonyl (C=O) groups is 1. The summed E-state index contributed by atoms with van der Waals surface area (Å²) < 4.78 is 5.05. The smallest absolute Gasteiger partial charge is 0.242 e. The van der Waals surface area contributed by atoms with Gasteiger partial charge in [-0.2, -0.15) is 0 Å². The molecule has 3 rings (SSSR count). The number of nitrogens with one attached hydrogen (secondary N) is 2. The van der Waals surface area contributed by atoms with Crippen LogP contribution in [0.15, 0.2) is 53.5 Å². The summed E-state index contributed by atoms with van der Waals surface area (Å²) in [4.78, 5) is 20.9. The van der Waals surface area contributed by atoms with Crippen molar-refractivity contribution >= 4 is 29.2 Å². The van der Waals surface area contributed by atoms with Crippen molar-refractivity contribution < 1.29 is 9.53 Å². The number of anilines is 1. The molecule has 0 spiro atoms. The maximum absolute atomic E-state index is 12.7. The average Bonchev–Trinajstić information content (AvgIpc) is 2.78. The molecule has 2 N–H and O–H groups in total. The lowest BCUT2D eigenvalue weighted by Crippen LogP contribution is -2.54. The summed E-state index contributed by atoms with van der Waals surface area (Å²) in [5.74, 6) is 0.831. The van der Waals surface area contributed by atoms with E-state index in [2.05, 4.69) is 39.9 Å². The quantitative estimate of drug-likeness (QED) is 0.373. The first-order valence-electron chi connectivity index (χ1n) is 10.4. The van der Waals surface area contributed by atoms with Crippen LogP contribution >= 0.6 is 11.6 Å². The number of halogens is 1. The van der Waals surface area contributed by atoms with Crippen LogP contribution in [-0.4, -0.2) is 68.6 Å². The standard InChI is InChI=1S/C23H30ClN5O2/c1-25-23(27-15-18-5-9-21(10-6-18)26-11-14-31-2)29-13-12-28(22(30)17-29)16-19-3-7-20(24)8-4-19/h3-10,26H,11-17H2,1-2H3,(H,25,27). The number of benzene rings is 2. The van der Waals surface area contributed by atoms with Crippen molar-refractivity contribution in [2.75, 3.05) is 52.3 Å².